The third kappa shape index (κ3) is 3.00. The topological polar surface area (TPSA) is 45.1 Å². The van der Waals surface area contributed by atoms with Crippen molar-refractivity contribution in [1.82, 2.24) is 5.01 Å². The molecular weight excluding hydrogens is 386 g/mol. The average molecular weight is 412 g/mol. The van der Waals surface area contributed by atoms with Crippen LogP contribution in [0.1, 0.15) is 34.8 Å². The third-order valence-electron chi connectivity index (χ3n) is 6.48. The number of anilines is 1. The molecular formula is C26H25N3O2. The van der Waals surface area contributed by atoms with Crippen LogP contribution in [0.5, 0.6) is 5.75 Å². The third-order valence-corrected chi connectivity index (χ3v) is 6.48. The maximum atomic E-state index is 13.7. The monoisotopic (exact) mass is 411 g/mol. The van der Waals surface area contributed by atoms with Gasteiger partial charge in [-0.2, -0.15) is 5.10 Å². The van der Waals surface area contributed by atoms with E-state index in [1.54, 1.807) is 24.3 Å². The lowest BCUT2D eigenvalue weighted by molar-refractivity contribution is 0.0581. The number of hydrogen-bond acceptors (Lipinski definition) is 4. The zero-order valence-electron chi connectivity index (χ0n) is 17.9. The maximum Gasteiger partial charge on any atom is 0.276 e. The number of hydrazone groups is 1. The molecule has 2 aliphatic rings. The lowest BCUT2D eigenvalue weighted by Crippen LogP contribution is -2.57. The van der Waals surface area contributed by atoms with Gasteiger partial charge in [-0.3, -0.25) is 4.79 Å². The van der Waals surface area contributed by atoms with Crippen molar-refractivity contribution in [3.63, 3.8) is 0 Å². The van der Waals surface area contributed by atoms with E-state index < -0.39 is 0 Å². The number of para-hydroxylation sites is 1. The Bertz CT molecular complexity index is 1160. The van der Waals surface area contributed by atoms with Gasteiger partial charge in [0.15, 0.2) is 0 Å². The van der Waals surface area contributed by atoms with Crippen molar-refractivity contribution in [3.05, 3.63) is 95.6 Å². The van der Waals surface area contributed by atoms with E-state index in [0.29, 0.717) is 5.56 Å². The molecule has 2 heterocycles. The van der Waals surface area contributed by atoms with Gasteiger partial charge in [0.2, 0.25) is 0 Å². The molecule has 5 rings (SSSR count). The van der Waals surface area contributed by atoms with E-state index in [9.17, 15) is 4.79 Å². The lowest BCUT2D eigenvalue weighted by atomic mass is 9.75. The number of carbonyl (C=O) groups excluding carboxylic acids is 1. The number of benzene rings is 3. The fraction of sp³-hybridized carbons (Fsp3) is 0.231. The predicted molar refractivity (Wildman–Crippen MR) is 123 cm³/mol. The molecule has 0 aromatic heterocycles. The molecule has 3 aromatic rings. The van der Waals surface area contributed by atoms with Crippen LogP contribution in [0.2, 0.25) is 0 Å². The summed E-state index contributed by atoms with van der Waals surface area (Å²) in [6, 6.07) is 25.8. The van der Waals surface area contributed by atoms with E-state index >= 15 is 0 Å². The number of likely N-dealkylation sites (N-methyl/N-ethyl adjacent to an activating group) is 1. The predicted octanol–water partition coefficient (Wildman–Crippen LogP) is 4.68. The van der Waals surface area contributed by atoms with Gasteiger partial charge in [-0.1, -0.05) is 55.5 Å². The van der Waals surface area contributed by atoms with E-state index in [1.807, 2.05) is 43.4 Å². The first-order chi connectivity index (χ1) is 15.0. The van der Waals surface area contributed by atoms with Crippen LogP contribution in [-0.2, 0) is 5.41 Å². The van der Waals surface area contributed by atoms with Crippen molar-refractivity contribution in [1.29, 1.82) is 0 Å². The Morgan fingerprint density at radius 3 is 2.39 bits per heavy atom. The number of hydrogen-bond donors (Lipinski definition) is 0. The van der Waals surface area contributed by atoms with Crippen LogP contribution >= 0.6 is 0 Å². The van der Waals surface area contributed by atoms with Crippen molar-refractivity contribution in [2.24, 2.45) is 5.10 Å². The number of amides is 1. The Morgan fingerprint density at radius 2 is 1.68 bits per heavy atom. The zero-order valence-corrected chi connectivity index (χ0v) is 17.9. The molecule has 5 nitrogen and oxygen atoms in total. The van der Waals surface area contributed by atoms with Gasteiger partial charge < -0.3 is 9.64 Å². The highest BCUT2D eigenvalue weighted by molar-refractivity contribution is 6.04. The summed E-state index contributed by atoms with van der Waals surface area (Å²) in [4.78, 5) is 15.9. The highest BCUT2D eigenvalue weighted by Gasteiger charge is 2.53. The van der Waals surface area contributed by atoms with E-state index in [-0.39, 0.29) is 17.5 Å². The van der Waals surface area contributed by atoms with Crippen LogP contribution in [0.4, 0.5) is 5.69 Å². The SMILES string of the molecule is COc1ccc(C(=O)N2N=C(c3ccccc3)C[C@@]3(C)c4ccccc4N(C)[C@@H]23)cc1. The van der Waals surface area contributed by atoms with Gasteiger partial charge in [0.1, 0.15) is 11.9 Å². The molecule has 0 unspecified atom stereocenters. The van der Waals surface area contributed by atoms with Crippen LogP contribution in [0.3, 0.4) is 0 Å². The molecule has 2 atom stereocenters. The van der Waals surface area contributed by atoms with Crippen LogP contribution in [0, 0.1) is 0 Å². The highest BCUT2D eigenvalue weighted by atomic mass is 16.5. The first-order valence-corrected chi connectivity index (χ1v) is 10.5. The molecule has 0 radical (unpaired) electrons. The Morgan fingerprint density at radius 1 is 1.00 bits per heavy atom. The molecule has 3 aromatic carbocycles. The number of nitrogens with zero attached hydrogens (tertiary/aromatic N) is 3. The molecule has 5 heteroatoms. The molecule has 0 N–H and O–H groups in total. The summed E-state index contributed by atoms with van der Waals surface area (Å²) in [5.74, 6) is 0.602. The number of ether oxygens (including phenoxy) is 1. The van der Waals surface area contributed by atoms with E-state index in [1.165, 1.54) is 5.56 Å². The summed E-state index contributed by atoms with van der Waals surface area (Å²) >= 11 is 0. The molecule has 156 valence electrons. The largest absolute Gasteiger partial charge is 0.497 e. The first kappa shape index (κ1) is 19.4. The smallest absolute Gasteiger partial charge is 0.276 e. The zero-order chi connectivity index (χ0) is 21.6. The minimum absolute atomic E-state index is 0.119. The minimum atomic E-state index is -0.277. The van der Waals surface area contributed by atoms with Gasteiger partial charge >= 0.3 is 0 Å². The molecule has 0 fully saturated rings. The van der Waals surface area contributed by atoms with Gasteiger partial charge in [-0.05, 0) is 41.5 Å². The van der Waals surface area contributed by atoms with Gasteiger partial charge in [0, 0.05) is 30.1 Å². The molecule has 0 bridgehead atoms. The molecule has 0 saturated carbocycles. The van der Waals surface area contributed by atoms with Crippen LogP contribution in [0.15, 0.2) is 84.0 Å². The summed E-state index contributed by atoms with van der Waals surface area (Å²) in [6.07, 6.45) is 0.557. The Hall–Kier alpha value is -3.60. The van der Waals surface area contributed by atoms with Crippen LogP contribution in [0.25, 0.3) is 0 Å². The highest BCUT2D eigenvalue weighted by Crippen LogP contribution is 2.50. The summed E-state index contributed by atoms with van der Waals surface area (Å²) in [5.41, 5.74) is 4.67. The Kier molecular flexibility index (Phi) is 4.54. The minimum Gasteiger partial charge on any atom is -0.497 e. The number of fused-ring (bicyclic) bond motifs is 3. The molecule has 0 aliphatic carbocycles. The number of carbonyl (C=O) groups is 1. The molecule has 0 saturated heterocycles. The normalized spacial score (nSPS) is 21.9. The molecule has 1 amide bonds. The average Bonchev–Trinajstić information content (AvgIpc) is 3.06. The fourth-order valence-electron chi connectivity index (χ4n) is 4.96. The van der Waals surface area contributed by atoms with Gasteiger partial charge in [-0.25, -0.2) is 5.01 Å². The summed E-state index contributed by atoms with van der Waals surface area (Å²) < 4.78 is 5.25. The fourth-order valence-corrected chi connectivity index (χ4v) is 4.96. The summed E-state index contributed by atoms with van der Waals surface area (Å²) in [7, 11) is 3.67. The van der Waals surface area contributed by atoms with Crippen molar-refractivity contribution >= 4 is 17.3 Å². The maximum absolute atomic E-state index is 13.7. The van der Waals surface area contributed by atoms with Gasteiger partial charge in [0.05, 0.1) is 12.8 Å². The van der Waals surface area contributed by atoms with E-state index in [2.05, 4.69) is 42.2 Å². The standard InChI is InChI=1S/C26H25N3O2/c1-26-17-22(18-9-5-4-6-10-18)27-29(24(30)19-13-15-20(31-3)16-14-19)25(26)28(2)23-12-8-7-11-21(23)26/h4-16,25H,17H2,1-3H3/t25-,26-/m0/s1. The van der Waals surface area contributed by atoms with Crippen LogP contribution < -0.4 is 9.64 Å². The van der Waals surface area contributed by atoms with Crippen molar-refractivity contribution in [2.45, 2.75) is 24.9 Å². The van der Waals surface area contributed by atoms with Crippen molar-refractivity contribution in [2.75, 3.05) is 19.1 Å². The van der Waals surface area contributed by atoms with Gasteiger partial charge in [-0.15, -0.1) is 0 Å². The van der Waals surface area contributed by atoms with Crippen molar-refractivity contribution in [3.8, 4) is 5.75 Å². The second-order valence-corrected chi connectivity index (χ2v) is 8.39. The summed E-state index contributed by atoms with van der Waals surface area (Å²) in [6.45, 7) is 2.24. The van der Waals surface area contributed by atoms with Crippen molar-refractivity contribution < 1.29 is 9.53 Å². The van der Waals surface area contributed by atoms with Crippen LogP contribution in [-0.4, -0.2) is 37.0 Å². The summed E-state index contributed by atoms with van der Waals surface area (Å²) in [5, 5.41) is 6.59. The Labute approximate surface area is 182 Å². The van der Waals surface area contributed by atoms with E-state index in [4.69, 9.17) is 9.84 Å². The Balaban J connectivity index is 1.64. The van der Waals surface area contributed by atoms with Gasteiger partial charge in [0.25, 0.3) is 5.91 Å². The quantitative estimate of drug-likeness (QED) is 0.629. The lowest BCUT2D eigenvalue weighted by Gasteiger charge is -2.44. The second-order valence-electron chi connectivity index (χ2n) is 8.39. The molecule has 0 spiro atoms. The van der Waals surface area contributed by atoms with E-state index in [0.717, 1.165) is 29.1 Å². The first-order valence-electron chi connectivity index (χ1n) is 10.5. The molecule has 2 aliphatic heterocycles. The molecule has 31 heavy (non-hydrogen) atoms. The second kappa shape index (κ2) is 7.27. The number of rotatable bonds is 3. The number of methoxy groups -OCH3 is 1.